The van der Waals surface area contributed by atoms with Crippen LogP contribution in [0.15, 0.2) is 48.5 Å². The fraction of sp³-hybridized carbons (Fsp3) is 0.143. The number of sulfonamides is 1. The van der Waals surface area contributed by atoms with Crippen molar-refractivity contribution < 1.29 is 8.42 Å². The maximum absolute atomic E-state index is 11.1. The van der Waals surface area contributed by atoms with Crippen molar-refractivity contribution in [1.82, 2.24) is 0 Å². The highest BCUT2D eigenvalue weighted by Gasteiger charge is 2.03. The third-order valence-corrected chi connectivity index (χ3v) is 3.25. The molecule has 0 spiro atoms. The summed E-state index contributed by atoms with van der Waals surface area (Å²) in [5.74, 6) is 0. The van der Waals surface area contributed by atoms with Crippen LogP contribution in [0.3, 0.4) is 0 Å². The molecule has 0 amide bonds. The van der Waals surface area contributed by atoms with Gasteiger partial charge in [-0.3, -0.25) is 4.72 Å². The lowest BCUT2D eigenvalue weighted by Crippen LogP contribution is -2.09. The van der Waals surface area contributed by atoms with Gasteiger partial charge in [0.15, 0.2) is 0 Å². The monoisotopic (exact) mass is 261 g/mol. The first-order valence-electron chi connectivity index (χ1n) is 5.59. The molecule has 1 N–H and O–H groups in total. The zero-order valence-corrected chi connectivity index (χ0v) is 11.2. The van der Waals surface area contributed by atoms with Crippen molar-refractivity contribution >= 4 is 15.7 Å². The Kier molecular flexibility index (Phi) is 3.39. The third kappa shape index (κ3) is 3.11. The highest BCUT2D eigenvalue weighted by molar-refractivity contribution is 7.92. The van der Waals surface area contributed by atoms with Gasteiger partial charge in [-0.2, -0.15) is 0 Å². The zero-order chi connectivity index (χ0) is 13.2. The van der Waals surface area contributed by atoms with Crippen LogP contribution >= 0.6 is 0 Å². The molecule has 2 rings (SSSR count). The summed E-state index contributed by atoms with van der Waals surface area (Å²) in [5, 5.41) is 0. The molecule has 0 bridgehead atoms. The Morgan fingerprint density at radius 1 is 0.944 bits per heavy atom. The molecule has 0 radical (unpaired) electrons. The highest BCUT2D eigenvalue weighted by Crippen LogP contribution is 2.24. The minimum absolute atomic E-state index is 0.579. The lowest BCUT2D eigenvalue weighted by Gasteiger charge is -2.08. The first-order chi connectivity index (χ1) is 8.46. The van der Waals surface area contributed by atoms with Crippen LogP contribution in [-0.4, -0.2) is 14.7 Å². The first-order valence-corrected chi connectivity index (χ1v) is 7.49. The van der Waals surface area contributed by atoms with Crippen LogP contribution < -0.4 is 4.72 Å². The second kappa shape index (κ2) is 4.82. The largest absolute Gasteiger partial charge is 0.284 e. The normalized spacial score (nSPS) is 11.2. The van der Waals surface area contributed by atoms with Gasteiger partial charge in [0.2, 0.25) is 10.0 Å². The molecule has 0 atom stereocenters. The van der Waals surface area contributed by atoms with Gasteiger partial charge in [-0.1, -0.05) is 36.4 Å². The average molecular weight is 261 g/mol. The molecule has 0 aliphatic carbocycles. The van der Waals surface area contributed by atoms with Gasteiger partial charge in [0, 0.05) is 5.69 Å². The molecule has 0 fully saturated rings. The molecule has 3 nitrogen and oxygen atoms in total. The molecule has 0 unspecified atom stereocenters. The minimum atomic E-state index is -3.21. The molecule has 0 saturated carbocycles. The SMILES string of the molecule is Cc1ccccc1-c1ccc(NS(C)(=O)=O)cc1. The van der Waals surface area contributed by atoms with Gasteiger partial charge in [0.05, 0.1) is 6.26 Å². The zero-order valence-electron chi connectivity index (χ0n) is 10.3. The summed E-state index contributed by atoms with van der Waals surface area (Å²) in [6.07, 6.45) is 1.14. The van der Waals surface area contributed by atoms with Crippen molar-refractivity contribution in [2.45, 2.75) is 6.92 Å². The van der Waals surface area contributed by atoms with Gasteiger partial charge in [0.25, 0.3) is 0 Å². The van der Waals surface area contributed by atoms with Gasteiger partial charge in [-0.15, -0.1) is 0 Å². The van der Waals surface area contributed by atoms with Crippen molar-refractivity contribution in [2.24, 2.45) is 0 Å². The predicted molar refractivity (Wildman–Crippen MR) is 75.1 cm³/mol. The summed E-state index contributed by atoms with van der Waals surface area (Å²) in [5.41, 5.74) is 4.01. The number of hydrogen-bond acceptors (Lipinski definition) is 2. The van der Waals surface area contributed by atoms with E-state index in [-0.39, 0.29) is 0 Å². The number of aryl methyl sites for hydroxylation is 1. The second-order valence-corrected chi connectivity index (χ2v) is 6.01. The smallest absolute Gasteiger partial charge is 0.229 e. The van der Waals surface area contributed by atoms with Gasteiger partial charge < -0.3 is 0 Å². The molecule has 0 heterocycles. The van der Waals surface area contributed by atoms with Crippen LogP contribution in [0.25, 0.3) is 11.1 Å². The van der Waals surface area contributed by atoms with Gasteiger partial charge in [-0.25, -0.2) is 8.42 Å². The average Bonchev–Trinajstić information content (AvgIpc) is 2.29. The van der Waals surface area contributed by atoms with E-state index >= 15 is 0 Å². The molecule has 0 aliphatic rings. The molecular formula is C14H15NO2S. The van der Waals surface area contributed by atoms with Crippen molar-refractivity contribution in [1.29, 1.82) is 0 Å². The summed E-state index contributed by atoms with van der Waals surface area (Å²) < 4.78 is 24.6. The van der Waals surface area contributed by atoms with Crippen molar-refractivity contribution in [3.63, 3.8) is 0 Å². The van der Waals surface area contributed by atoms with E-state index in [1.165, 1.54) is 5.56 Å². The number of anilines is 1. The van der Waals surface area contributed by atoms with Gasteiger partial charge in [0.1, 0.15) is 0 Å². The Morgan fingerprint density at radius 2 is 1.56 bits per heavy atom. The Balaban J connectivity index is 2.31. The van der Waals surface area contributed by atoms with E-state index in [1.54, 1.807) is 12.1 Å². The van der Waals surface area contributed by atoms with E-state index in [4.69, 9.17) is 0 Å². The number of hydrogen-bond donors (Lipinski definition) is 1. The van der Waals surface area contributed by atoms with Crippen LogP contribution in [0.1, 0.15) is 5.56 Å². The molecule has 18 heavy (non-hydrogen) atoms. The van der Waals surface area contributed by atoms with Crippen LogP contribution in [-0.2, 0) is 10.0 Å². The van der Waals surface area contributed by atoms with E-state index in [0.717, 1.165) is 17.4 Å². The summed E-state index contributed by atoms with van der Waals surface area (Å²) in [6, 6.07) is 15.5. The van der Waals surface area contributed by atoms with Crippen molar-refractivity contribution in [3.8, 4) is 11.1 Å². The van der Waals surface area contributed by atoms with Crippen LogP contribution in [0.4, 0.5) is 5.69 Å². The molecule has 94 valence electrons. The lowest BCUT2D eigenvalue weighted by atomic mass is 10.0. The van der Waals surface area contributed by atoms with E-state index < -0.39 is 10.0 Å². The van der Waals surface area contributed by atoms with E-state index in [9.17, 15) is 8.42 Å². The summed E-state index contributed by atoms with van der Waals surface area (Å²) >= 11 is 0. The number of nitrogens with one attached hydrogen (secondary N) is 1. The van der Waals surface area contributed by atoms with Crippen molar-refractivity contribution in [3.05, 3.63) is 54.1 Å². The lowest BCUT2D eigenvalue weighted by molar-refractivity contribution is 0.607. The third-order valence-electron chi connectivity index (χ3n) is 2.64. The Morgan fingerprint density at radius 3 is 2.11 bits per heavy atom. The molecular weight excluding hydrogens is 246 g/mol. The van der Waals surface area contributed by atoms with E-state index in [0.29, 0.717) is 5.69 Å². The quantitative estimate of drug-likeness (QED) is 0.923. The maximum atomic E-state index is 11.1. The summed E-state index contributed by atoms with van der Waals surface area (Å²) in [7, 11) is -3.21. The van der Waals surface area contributed by atoms with Crippen LogP contribution in [0.5, 0.6) is 0 Å². The van der Waals surface area contributed by atoms with Gasteiger partial charge in [-0.05, 0) is 35.7 Å². The molecule has 0 aliphatic heterocycles. The Bertz CT molecular complexity index is 646. The molecule has 0 aromatic heterocycles. The fourth-order valence-corrected chi connectivity index (χ4v) is 2.39. The maximum Gasteiger partial charge on any atom is 0.229 e. The number of rotatable bonds is 3. The molecule has 4 heteroatoms. The Labute approximate surface area is 108 Å². The van der Waals surface area contributed by atoms with Crippen LogP contribution in [0.2, 0.25) is 0 Å². The molecule has 2 aromatic carbocycles. The van der Waals surface area contributed by atoms with E-state index in [2.05, 4.69) is 17.7 Å². The first kappa shape index (κ1) is 12.6. The Hall–Kier alpha value is -1.81. The van der Waals surface area contributed by atoms with Crippen molar-refractivity contribution in [2.75, 3.05) is 11.0 Å². The number of benzene rings is 2. The summed E-state index contributed by atoms with van der Waals surface area (Å²) in [4.78, 5) is 0. The summed E-state index contributed by atoms with van der Waals surface area (Å²) in [6.45, 7) is 2.05. The second-order valence-electron chi connectivity index (χ2n) is 4.27. The standard InChI is InChI=1S/C14H15NO2S/c1-11-5-3-4-6-14(11)12-7-9-13(10-8-12)15-18(2,16)17/h3-10,15H,1-2H3. The molecule has 0 saturated heterocycles. The van der Waals surface area contributed by atoms with E-state index in [1.807, 2.05) is 30.3 Å². The van der Waals surface area contributed by atoms with Crippen LogP contribution in [0, 0.1) is 6.92 Å². The predicted octanol–water partition coefficient (Wildman–Crippen LogP) is 3.03. The minimum Gasteiger partial charge on any atom is -0.284 e. The van der Waals surface area contributed by atoms with Gasteiger partial charge >= 0.3 is 0 Å². The fourth-order valence-electron chi connectivity index (χ4n) is 1.83. The highest BCUT2D eigenvalue weighted by atomic mass is 32.2. The molecule has 2 aromatic rings. The topological polar surface area (TPSA) is 46.2 Å².